The highest BCUT2D eigenvalue weighted by Crippen LogP contribution is 2.30. The summed E-state index contributed by atoms with van der Waals surface area (Å²) in [6.45, 7) is 8.62. The van der Waals surface area contributed by atoms with E-state index in [0.717, 1.165) is 33.8 Å². The zero-order chi connectivity index (χ0) is 24.1. The molecule has 0 spiro atoms. The molecule has 0 N–H and O–H groups in total. The van der Waals surface area contributed by atoms with Gasteiger partial charge in [0.05, 0.1) is 5.75 Å². The van der Waals surface area contributed by atoms with Crippen LogP contribution in [0, 0.1) is 13.8 Å². The molecule has 0 aliphatic rings. The number of hydrogen-bond donors (Lipinski definition) is 0. The van der Waals surface area contributed by atoms with Crippen LogP contribution in [-0.2, 0) is 20.2 Å². The Morgan fingerprint density at radius 3 is 2.53 bits per heavy atom. The lowest BCUT2D eigenvalue weighted by molar-refractivity contribution is 0.102. The Hall–Kier alpha value is -3.58. The fourth-order valence-corrected chi connectivity index (χ4v) is 4.63. The second-order valence-corrected chi connectivity index (χ2v) is 8.95. The smallest absolute Gasteiger partial charge is 0.192 e. The molecule has 0 saturated heterocycles. The van der Waals surface area contributed by atoms with Crippen LogP contribution in [0.3, 0.4) is 0 Å². The van der Waals surface area contributed by atoms with Crippen molar-refractivity contribution in [1.29, 1.82) is 0 Å². The van der Waals surface area contributed by atoms with E-state index in [1.807, 2.05) is 78.6 Å². The number of benzene rings is 2. The van der Waals surface area contributed by atoms with Crippen LogP contribution >= 0.6 is 11.8 Å². The first kappa shape index (κ1) is 23.6. The molecule has 6 nitrogen and oxygen atoms in total. The predicted octanol–water partition coefficient (Wildman–Crippen LogP) is 5.64. The van der Waals surface area contributed by atoms with Gasteiger partial charge in [-0.3, -0.25) is 9.36 Å². The molecule has 2 aromatic heterocycles. The quantitative estimate of drug-likeness (QED) is 0.170. The molecule has 0 radical (unpaired) electrons. The number of aromatic nitrogens is 4. The summed E-state index contributed by atoms with van der Waals surface area (Å²) in [5.41, 5.74) is 4.90. The van der Waals surface area contributed by atoms with Gasteiger partial charge in [-0.15, -0.1) is 16.8 Å². The Bertz CT molecular complexity index is 1310. The number of carbonyl (C=O) groups is 1. The zero-order valence-electron chi connectivity index (χ0n) is 19.7. The van der Waals surface area contributed by atoms with E-state index in [1.54, 1.807) is 6.08 Å². The summed E-state index contributed by atoms with van der Waals surface area (Å²) < 4.78 is 10.1. The summed E-state index contributed by atoms with van der Waals surface area (Å²) in [7, 11) is 1.97. The Morgan fingerprint density at radius 2 is 1.82 bits per heavy atom. The van der Waals surface area contributed by atoms with Crippen LogP contribution in [0.1, 0.15) is 27.6 Å². The number of rotatable bonds is 10. The van der Waals surface area contributed by atoms with Crippen molar-refractivity contribution in [3.63, 3.8) is 0 Å². The number of thioether (sulfide) groups is 1. The number of ether oxygens (including phenoxy) is 1. The molecule has 0 fully saturated rings. The van der Waals surface area contributed by atoms with Gasteiger partial charge in [-0.2, -0.15) is 0 Å². The number of Topliss-reactive ketones (excluding diaryl/α,β-unsaturated/α-hetero) is 1. The number of ketones is 1. The van der Waals surface area contributed by atoms with E-state index >= 15 is 0 Å². The molecule has 2 heterocycles. The van der Waals surface area contributed by atoms with Gasteiger partial charge in [0.15, 0.2) is 16.8 Å². The normalized spacial score (nSPS) is 10.9. The van der Waals surface area contributed by atoms with Crippen LogP contribution in [0.15, 0.2) is 78.5 Å². The molecule has 2 aromatic carbocycles. The van der Waals surface area contributed by atoms with Crippen molar-refractivity contribution in [3.05, 3.63) is 96.1 Å². The minimum atomic E-state index is 0.0777. The summed E-state index contributed by atoms with van der Waals surface area (Å²) >= 11 is 1.38. The monoisotopic (exact) mass is 472 g/mol. The summed E-state index contributed by atoms with van der Waals surface area (Å²) in [5, 5.41) is 9.35. The molecule has 174 valence electrons. The van der Waals surface area contributed by atoms with Crippen LogP contribution in [0.5, 0.6) is 5.75 Å². The van der Waals surface area contributed by atoms with Crippen molar-refractivity contribution in [3.8, 4) is 16.9 Å². The minimum Gasteiger partial charge on any atom is -0.485 e. The van der Waals surface area contributed by atoms with Crippen molar-refractivity contribution in [1.82, 2.24) is 19.3 Å². The third-order valence-corrected chi connectivity index (χ3v) is 6.81. The summed E-state index contributed by atoms with van der Waals surface area (Å²) in [4.78, 5) is 12.8. The van der Waals surface area contributed by atoms with Gasteiger partial charge in [0.2, 0.25) is 0 Å². The second-order valence-electron chi connectivity index (χ2n) is 8.00. The standard InChI is InChI=1S/C27H28N4O2S/c1-5-15-31-26(17-33-25-14-10-9-13-22(25)21-11-7-6-8-12-21)28-29-27(31)34-18-24(32)23-16-19(2)30(4)20(23)3/h5-14,16H,1,15,17-18H2,2-4H3. The fraction of sp³-hybridized carbons (Fsp3) is 0.222. The highest BCUT2D eigenvalue weighted by atomic mass is 32.2. The topological polar surface area (TPSA) is 61.9 Å². The van der Waals surface area contributed by atoms with Crippen LogP contribution in [0.25, 0.3) is 11.1 Å². The van der Waals surface area contributed by atoms with Gasteiger partial charge < -0.3 is 9.30 Å². The molecular weight excluding hydrogens is 444 g/mol. The van der Waals surface area contributed by atoms with Gasteiger partial charge in [-0.25, -0.2) is 0 Å². The maximum absolute atomic E-state index is 12.8. The largest absolute Gasteiger partial charge is 0.485 e. The highest BCUT2D eigenvalue weighted by molar-refractivity contribution is 7.99. The summed E-state index contributed by atoms with van der Waals surface area (Å²) in [5.74, 6) is 1.83. The van der Waals surface area contributed by atoms with Crippen LogP contribution in [0.4, 0.5) is 0 Å². The van der Waals surface area contributed by atoms with Crippen molar-refractivity contribution < 1.29 is 9.53 Å². The van der Waals surface area contributed by atoms with Crippen LogP contribution < -0.4 is 4.74 Å². The molecule has 0 atom stereocenters. The van der Waals surface area contributed by atoms with Crippen molar-refractivity contribution in [2.45, 2.75) is 32.2 Å². The number of para-hydroxylation sites is 1. The van der Waals surface area contributed by atoms with E-state index in [1.165, 1.54) is 11.8 Å². The van der Waals surface area contributed by atoms with Gasteiger partial charge in [0.25, 0.3) is 0 Å². The number of aryl methyl sites for hydroxylation is 1. The molecule has 0 amide bonds. The average molecular weight is 473 g/mol. The van der Waals surface area contributed by atoms with Gasteiger partial charge in [0, 0.05) is 36.1 Å². The number of hydrogen-bond acceptors (Lipinski definition) is 5. The van der Waals surface area contributed by atoms with E-state index in [4.69, 9.17) is 4.74 Å². The fourth-order valence-electron chi connectivity index (χ4n) is 3.78. The van der Waals surface area contributed by atoms with E-state index in [9.17, 15) is 4.79 Å². The maximum atomic E-state index is 12.8. The van der Waals surface area contributed by atoms with Crippen molar-refractivity contribution in [2.24, 2.45) is 7.05 Å². The molecule has 0 saturated carbocycles. The first-order valence-electron chi connectivity index (χ1n) is 11.1. The lowest BCUT2D eigenvalue weighted by Crippen LogP contribution is -2.09. The van der Waals surface area contributed by atoms with E-state index in [-0.39, 0.29) is 18.1 Å². The van der Waals surface area contributed by atoms with Gasteiger partial charge >= 0.3 is 0 Å². The maximum Gasteiger partial charge on any atom is 0.192 e. The van der Waals surface area contributed by atoms with E-state index < -0.39 is 0 Å². The first-order valence-corrected chi connectivity index (χ1v) is 12.1. The van der Waals surface area contributed by atoms with Gasteiger partial charge in [0.1, 0.15) is 12.4 Å². The van der Waals surface area contributed by atoms with Gasteiger partial charge in [-0.05, 0) is 31.5 Å². The Kier molecular flexibility index (Phi) is 7.33. The van der Waals surface area contributed by atoms with Crippen LogP contribution in [-0.4, -0.2) is 30.9 Å². The van der Waals surface area contributed by atoms with Gasteiger partial charge in [-0.1, -0.05) is 66.4 Å². The molecule has 0 unspecified atom stereocenters. The number of nitrogens with zero attached hydrogens (tertiary/aromatic N) is 4. The van der Waals surface area contributed by atoms with Crippen molar-refractivity contribution in [2.75, 3.05) is 5.75 Å². The number of allylic oxidation sites excluding steroid dienone is 1. The lowest BCUT2D eigenvalue weighted by Gasteiger charge is -2.12. The third-order valence-electron chi connectivity index (χ3n) is 5.84. The zero-order valence-corrected chi connectivity index (χ0v) is 20.5. The highest BCUT2D eigenvalue weighted by Gasteiger charge is 2.18. The third kappa shape index (κ3) is 4.99. The van der Waals surface area contributed by atoms with Crippen LogP contribution in [0.2, 0.25) is 0 Å². The SMILES string of the molecule is C=CCn1c(COc2ccccc2-c2ccccc2)nnc1SCC(=O)c1cc(C)n(C)c1C. The molecule has 0 aliphatic carbocycles. The molecule has 4 rings (SSSR count). The summed E-state index contributed by atoms with van der Waals surface area (Å²) in [6.07, 6.45) is 1.79. The first-order chi connectivity index (χ1) is 16.5. The second kappa shape index (κ2) is 10.6. The van der Waals surface area contributed by atoms with Crippen molar-refractivity contribution >= 4 is 17.5 Å². The molecule has 7 heteroatoms. The Balaban J connectivity index is 1.48. The predicted molar refractivity (Wildman–Crippen MR) is 136 cm³/mol. The molecule has 0 bridgehead atoms. The molecule has 0 aliphatic heterocycles. The molecule has 4 aromatic rings. The Labute approximate surface area is 204 Å². The molecular formula is C27H28N4O2S. The summed E-state index contributed by atoms with van der Waals surface area (Å²) in [6, 6.07) is 20.0. The average Bonchev–Trinajstić information content (AvgIpc) is 3.37. The Morgan fingerprint density at radius 1 is 1.09 bits per heavy atom. The number of carbonyl (C=O) groups excluding carboxylic acids is 1. The molecule has 34 heavy (non-hydrogen) atoms. The lowest BCUT2D eigenvalue weighted by atomic mass is 10.1. The van der Waals surface area contributed by atoms with E-state index in [2.05, 4.69) is 28.9 Å². The minimum absolute atomic E-state index is 0.0777. The van der Waals surface area contributed by atoms with E-state index in [0.29, 0.717) is 17.5 Å².